The van der Waals surface area contributed by atoms with Crippen molar-refractivity contribution in [1.82, 2.24) is 15.5 Å². The number of aromatic nitrogens is 2. The van der Waals surface area contributed by atoms with E-state index in [0.717, 1.165) is 24.4 Å². The Balaban J connectivity index is 0.000000902. The normalized spacial score (nSPS) is 15.6. The summed E-state index contributed by atoms with van der Waals surface area (Å²) in [5.41, 5.74) is 2.21. The molecule has 0 aliphatic carbocycles. The third-order valence-corrected chi connectivity index (χ3v) is 3.54. The van der Waals surface area contributed by atoms with E-state index in [1.165, 1.54) is 23.9 Å². The molecule has 3 rings (SSSR count). The number of nitrogens with zero attached hydrogens (tertiary/aromatic N) is 1. The zero-order chi connectivity index (χ0) is 11.7. The highest BCUT2D eigenvalue weighted by Gasteiger charge is 2.20. The van der Waals surface area contributed by atoms with Crippen LogP contribution in [0.2, 0.25) is 0 Å². The molecule has 1 aromatic heterocycles. The van der Waals surface area contributed by atoms with Crippen molar-refractivity contribution in [2.75, 3.05) is 20.2 Å². The van der Waals surface area contributed by atoms with Crippen LogP contribution in [-0.4, -0.2) is 30.4 Å². The Morgan fingerprint density at radius 3 is 2.63 bits per heavy atom. The Morgan fingerprint density at radius 1 is 1.21 bits per heavy atom. The molecule has 1 aromatic carbocycles. The van der Waals surface area contributed by atoms with Gasteiger partial charge in [-0.15, -0.1) is 24.8 Å². The maximum Gasteiger partial charge on any atom is 0.146 e. The molecule has 106 valence electrons. The molecule has 0 radical (unpaired) electrons. The maximum absolute atomic E-state index is 5.33. The van der Waals surface area contributed by atoms with E-state index in [9.17, 15) is 0 Å². The van der Waals surface area contributed by atoms with E-state index in [1.54, 1.807) is 7.11 Å². The first-order valence-corrected chi connectivity index (χ1v) is 6.12. The maximum atomic E-state index is 5.33. The SMILES string of the molecule is COc1cccc2c(C3CCNCC3)[nH]nc12.Cl.Cl. The highest BCUT2D eigenvalue weighted by atomic mass is 35.5. The summed E-state index contributed by atoms with van der Waals surface area (Å²) in [6.45, 7) is 2.18. The van der Waals surface area contributed by atoms with E-state index in [4.69, 9.17) is 4.74 Å². The van der Waals surface area contributed by atoms with E-state index in [1.807, 2.05) is 12.1 Å². The molecule has 1 fully saturated rings. The largest absolute Gasteiger partial charge is 0.494 e. The van der Waals surface area contributed by atoms with Gasteiger partial charge in [-0.3, -0.25) is 5.10 Å². The fraction of sp³-hybridized carbons (Fsp3) is 0.462. The summed E-state index contributed by atoms with van der Waals surface area (Å²) < 4.78 is 5.33. The van der Waals surface area contributed by atoms with Gasteiger partial charge >= 0.3 is 0 Å². The van der Waals surface area contributed by atoms with Crippen molar-refractivity contribution in [3.63, 3.8) is 0 Å². The molecule has 1 saturated heterocycles. The first-order chi connectivity index (χ1) is 8.40. The third-order valence-electron chi connectivity index (χ3n) is 3.54. The smallest absolute Gasteiger partial charge is 0.146 e. The van der Waals surface area contributed by atoms with Crippen molar-refractivity contribution < 1.29 is 4.74 Å². The van der Waals surface area contributed by atoms with Gasteiger partial charge in [-0.1, -0.05) is 12.1 Å². The zero-order valence-electron chi connectivity index (χ0n) is 10.8. The average molecular weight is 304 g/mol. The number of H-pyrrole nitrogens is 1. The number of hydrogen-bond donors (Lipinski definition) is 2. The lowest BCUT2D eigenvalue weighted by molar-refractivity contribution is 0.419. The number of ether oxygens (including phenoxy) is 1. The second-order valence-corrected chi connectivity index (χ2v) is 4.52. The molecule has 6 heteroatoms. The first-order valence-electron chi connectivity index (χ1n) is 6.12. The van der Waals surface area contributed by atoms with Gasteiger partial charge in [-0.05, 0) is 32.0 Å². The second kappa shape index (κ2) is 6.98. The predicted molar refractivity (Wildman–Crippen MR) is 82.0 cm³/mol. The molecular formula is C13H19Cl2N3O. The van der Waals surface area contributed by atoms with Crippen LogP contribution < -0.4 is 10.1 Å². The fourth-order valence-electron chi connectivity index (χ4n) is 2.62. The van der Waals surface area contributed by atoms with E-state index in [2.05, 4.69) is 21.6 Å². The van der Waals surface area contributed by atoms with Crippen molar-refractivity contribution in [2.24, 2.45) is 0 Å². The minimum Gasteiger partial charge on any atom is -0.494 e. The monoisotopic (exact) mass is 303 g/mol. The molecule has 0 spiro atoms. The Bertz CT molecular complexity index is 524. The molecule has 2 N–H and O–H groups in total. The standard InChI is InChI=1S/C13H17N3O.2ClH/c1-17-11-4-2-3-10-12(15-16-13(10)11)9-5-7-14-8-6-9;;/h2-4,9,14H,5-8H2,1H3,(H,15,16);2*1H. The van der Waals surface area contributed by atoms with E-state index in [-0.39, 0.29) is 24.8 Å². The second-order valence-electron chi connectivity index (χ2n) is 4.52. The van der Waals surface area contributed by atoms with Crippen LogP contribution >= 0.6 is 24.8 Å². The first kappa shape index (κ1) is 16.1. The lowest BCUT2D eigenvalue weighted by atomic mass is 9.92. The quantitative estimate of drug-likeness (QED) is 0.897. The number of piperidine rings is 1. The number of benzene rings is 1. The van der Waals surface area contributed by atoms with Crippen molar-refractivity contribution in [1.29, 1.82) is 0 Å². The summed E-state index contributed by atoms with van der Waals surface area (Å²) in [4.78, 5) is 0. The van der Waals surface area contributed by atoms with Gasteiger partial charge in [-0.2, -0.15) is 5.10 Å². The lowest BCUT2D eigenvalue weighted by Crippen LogP contribution is -2.26. The molecule has 1 aliphatic rings. The average Bonchev–Trinajstić information content (AvgIpc) is 2.83. The van der Waals surface area contributed by atoms with Crippen molar-refractivity contribution >= 4 is 35.7 Å². The van der Waals surface area contributed by atoms with Crippen LogP contribution in [0.15, 0.2) is 18.2 Å². The molecular weight excluding hydrogens is 285 g/mol. The molecule has 0 atom stereocenters. The van der Waals surface area contributed by atoms with Crippen LogP contribution in [-0.2, 0) is 0 Å². The molecule has 2 aromatic rings. The summed E-state index contributed by atoms with van der Waals surface area (Å²) in [5.74, 6) is 1.44. The number of fused-ring (bicyclic) bond motifs is 1. The Hall–Kier alpha value is -0.970. The Morgan fingerprint density at radius 2 is 1.95 bits per heavy atom. The highest BCUT2D eigenvalue weighted by Crippen LogP contribution is 2.32. The number of methoxy groups -OCH3 is 1. The minimum absolute atomic E-state index is 0. The van der Waals surface area contributed by atoms with E-state index in [0.29, 0.717) is 5.92 Å². The summed E-state index contributed by atoms with van der Waals surface area (Å²) in [5, 5.41) is 12.2. The number of para-hydroxylation sites is 1. The predicted octanol–water partition coefficient (Wildman–Crippen LogP) is 2.88. The molecule has 4 nitrogen and oxygen atoms in total. The molecule has 0 amide bonds. The summed E-state index contributed by atoms with van der Waals surface area (Å²) in [6.07, 6.45) is 2.35. The van der Waals surface area contributed by atoms with Gasteiger partial charge in [0.25, 0.3) is 0 Å². The lowest BCUT2D eigenvalue weighted by Gasteiger charge is -2.21. The van der Waals surface area contributed by atoms with Crippen LogP contribution in [0.4, 0.5) is 0 Å². The summed E-state index contributed by atoms with van der Waals surface area (Å²) in [7, 11) is 1.69. The van der Waals surface area contributed by atoms with Gasteiger partial charge in [0.1, 0.15) is 11.3 Å². The number of aromatic amines is 1. The molecule has 0 bridgehead atoms. The molecule has 0 saturated carbocycles. The highest BCUT2D eigenvalue weighted by molar-refractivity contribution is 5.87. The molecule has 1 aliphatic heterocycles. The van der Waals surface area contributed by atoms with Crippen molar-refractivity contribution in [3.8, 4) is 5.75 Å². The number of hydrogen-bond acceptors (Lipinski definition) is 3. The van der Waals surface area contributed by atoms with Gasteiger partial charge in [0, 0.05) is 17.0 Å². The van der Waals surface area contributed by atoms with Gasteiger partial charge in [0.2, 0.25) is 0 Å². The topological polar surface area (TPSA) is 49.9 Å². The Labute approximate surface area is 125 Å². The van der Waals surface area contributed by atoms with Gasteiger partial charge in [0.05, 0.1) is 7.11 Å². The van der Waals surface area contributed by atoms with E-state index >= 15 is 0 Å². The van der Waals surface area contributed by atoms with E-state index < -0.39 is 0 Å². The minimum atomic E-state index is 0. The van der Waals surface area contributed by atoms with Crippen LogP contribution in [0.1, 0.15) is 24.5 Å². The molecule has 0 unspecified atom stereocenters. The van der Waals surface area contributed by atoms with Crippen molar-refractivity contribution in [2.45, 2.75) is 18.8 Å². The summed E-state index contributed by atoms with van der Waals surface area (Å²) in [6, 6.07) is 6.11. The molecule has 19 heavy (non-hydrogen) atoms. The van der Waals surface area contributed by atoms with Crippen LogP contribution in [0.25, 0.3) is 10.9 Å². The van der Waals surface area contributed by atoms with Crippen LogP contribution in [0.5, 0.6) is 5.75 Å². The van der Waals surface area contributed by atoms with Crippen LogP contribution in [0, 0.1) is 0 Å². The zero-order valence-corrected chi connectivity index (χ0v) is 12.4. The van der Waals surface area contributed by atoms with Gasteiger partial charge in [-0.25, -0.2) is 0 Å². The fourth-order valence-corrected chi connectivity index (χ4v) is 2.62. The Kier molecular flexibility index (Phi) is 5.91. The summed E-state index contributed by atoms with van der Waals surface area (Å²) >= 11 is 0. The molecule has 2 heterocycles. The number of nitrogens with one attached hydrogen (secondary N) is 2. The van der Waals surface area contributed by atoms with Gasteiger partial charge < -0.3 is 10.1 Å². The third kappa shape index (κ3) is 2.96. The number of halogens is 2. The van der Waals surface area contributed by atoms with Gasteiger partial charge in [0.15, 0.2) is 0 Å². The van der Waals surface area contributed by atoms with Crippen molar-refractivity contribution in [3.05, 3.63) is 23.9 Å². The van der Waals surface area contributed by atoms with Crippen LogP contribution in [0.3, 0.4) is 0 Å². The number of rotatable bonds is 2.